The van der Waals surface area contributed by atoms with E-state index in [4.69, 9.17) is 23.7 Å². The SMILES string of the molecule is COc1cccc(CN(Cc2cccc(N3CCCC3)c2)c2ccnc(OCCOCCOc3cccc(OC)c3)c2)c1. The first-order valence-electron chi connectivity index (χ1n) is 14.9. The summed E-state index contributed by atoms with van der Waals surface area (Å²) in [5.41, 5.74) is 4.76. The van der Waals surface area contributed by atoms with Crippen molar-refractivity contribution >= 4 is 11.4 Å². The lowest BCUT2D eigenvalue weighted by molar-refractivity contribution is 0.0753. The van der Waals surface area contributed by atoms with Crippen molar-refractivity contribution in [2.24, 2.45) is 0 Å². The highest BCUT2D eigenvalue weighted by Gasteiger charge is 2.15. The van der Waals surface area contributed by atoms with Crippen LogP contribution in [0.4, 0.5) is 11.4 Å². The second-order valence-electron chi connectivity index (χ2n) is 10.4. The maximum atomic E-state index is 5.97. The molecule has 0 saturated carbocycles. The zero-order valence-corrected chi connectivity index (χ0v) is 25.1. The van der Waals surface area contributed by atoms with E-state index >= 15 is 0 Å². The molecule has 0 radical (unpaired) electrons. The standard InChI is InChI=1S/C35H41N3O5/c1-39-32-11-6-9-29(23-32)27-38(26-28-8-5-10-30(22-28)37-16-3-4-17-37)31-14-15-36-35(24-31)43-21-19-41-18-20-42-34-13-7-12-33(25-34)40-2/h5-15,22-25H,3-4,16-21,26-27H2,1-2H3. The third-order valence-corrected chi connectivity index (χ3v) is 7.36. The predicted octanol–water partition coefficient (Wildman–Crippen LogP) is 6.38. The molecule has 1 fully saturated rings. The topological polar surface area (TPSA) is 65.5 Å². The van der Waals surface area contributed by atoms with Crippen LogP contribution in [-0.4, -0.2) is 58.7 Å². The first-order chi connectivity index (χ1) is 21.2. The second-order valence-corrected chi connectivity index (χ2v) is 10.4. The van der Waals surface area contributed by atoms with Gasteiger partial charge in [-0.1, -0.05) is 30.3 Å². The zero-order chi connectivity index (χ0) is 29.7. The van der Waals surface area contributed by atoms with Crippen LogP contribution in [-0.2, 0) is 17.8 Å². The Morgan fingerprint density at radius 3 is 2.09 bits per heavy atom. The minimum Gasteiger partial charge on any atom is -0.497 e. The monoisotopic (exact) mass is 583 g/mol. The van der Waals surface area contributed by atoms with Crippen LogP contribution in [0.25, 0.3) is 0 Å². The highest BCUT2D eigenvalue weighted by molar-refractivity contribution is 5.53. The van der Waals surface area contributed by atoms with Crippen LogP contribution in [0.3, 0.4) is 0 Å². The van der Waals surface area contributed by atoms with Gasteiger partial charge in [0, 0.05) is 55.9 Å². The maximum Gasteiger partial charge on any atom is 0.215 e. The van der Waals surface area contributed by atoms with Gasteiger partial charge in [0.1, 0.15) is 30.5 Å². The van der Waals surface area contributed by atoms with Crippen molar-refractivity contribution in [3.8, 4) is 23.1 Å². The Labute approximate surface area is 254 Å². The molecule has 4 aromatic rings. The average Bonchev–Trinajstić information content (AvgIpc) is 3.60. The Morgan fingerprint density at radius 2 is 1.33 bits per heavy atom. The van der Waals surface area contributed by atoms with Gasteiger partial charge < -0.3 is 33.5 Å². The van der Waals surface area contributed by atoms with Crippen molar-refractivity contribution in [2.45, 2.75) is 25.9 Å². The lowest BCUT2D eigenvalue weighted by Gasteiger charge is -2.26. The van der Waals surface area contributed by atoms with E-state index in [1.165, 1.54) is 29.7 Å². The van der Waals surface area contributed by atoms with Crippen LogP contribution in [0, 0.1) is 0 Å². The Balaban J connectivity index is 1.19. The first kappa shape index (κ1) is 30.0. The van der Waals surface area contributed by atoms with Crippen molar-refractivity contribution in [3.05, 3.63) is 102 Å². The van der Waals surface area contributed by atoms with Crippen LogP contribution in [0.15, 0.2) is 91.1 Å². The van der Waals surface area contributed by atoms with Crippen LogP contribution in [0.1, 0.15) is 24.0 Å². The van der Waals surface area contributed by atoms with Crippen molar-refractivity contribution < 1.29 is 23.7 Å². The molecule has 1 aliphatic heterocycles. The summed E-state index contributed by atoms with van der Waals surface area (Å²) >= 11 is 0. The quantitative estimate of drug-likeness (QED) is 0.141. The highest BCUT2D eigenvalue weighted by atomic mass is 16.5. The highest BCUT2D eigenvalue weighted by Crippen LogP contribution is 2.27. The van der Waals surface area contributed by atoms with E-state index < -0.39 is 0 Å². The number of benzene rings is 3. The minimum atomic E-state index is 0.392. The van der Waals surface area contributed by atoms with E-state index in [2.05, 4.69) is 51.2 Å². The number of methoxy groups -OCH3 is 2. The molecule has 8 heteroatoms. The number of aromatic nitrogens is 1. The van der Waals surface area contributed by atoms with Gasteiger partial charge in [-0.25, -0.2) is 4.98 Å². The zero-order valence-electron chi connectivity index (χ0n) is 25.1. The Hall–Kier alpha value is -4.43. The van der Waals surface area contributed by atoms with Crippen LogP contribution >= 0.6 is 0 Å². The lowest BCUT2D eigenvalue weighted by Crippen LogP contribution is -2.23. The van der Waals surface area contributed by atoms with Gasteiger partial charge in [0.25, 0.3) is 0 Å². The number of anilines is 2. The summed E-state index contributed by atoms with van der Waals surface area (Å²) in [5.74, 6) is 2.93. The van der Waals surface area contributed by atoms with Crippen molar-refractivity contribution in [1.29, 1.82) is 0 Å². The molecule has 1 aliphatic rings. The summed E-state index contributed by atoms with van der Waals surface area (Å²) in [6, 6.07) is 28.7. The summed E-state index contributed by atoms with van der Waals surface area (Å²) in [5, 5.41) is 0. The van der Waals surface area contributed by atoms with E-state index in [1.54, 1.807) is 20.4 Å². The van der Waals surface area contributed by atoms with Crippen LogP contribution in [0.5, 0.6) is 23.1 Å². The van der Waals surface area contributed by atoms with Gasteiger partial charge in [0.15, 0.2) is 0 Å². The Morgan fingerprint density at radius 1 is 0.674 bits per heavy atom. The van der Waals surface area contributed by atoms with E-state index in [0.29, 0.717) is 38.9 Å². The number of ether oxygens (including phenoxy) is 5. The largest absolute Gasteiger partial charge is 0.497 e. The molecule has 43 heavy (non-hydrogen) atoms. The summed E-state index contributed by atoms with van der Waals surface area (Å²) < 4.78 is 28.1. The maximum absolute atomic E-state index is 5.97. The molecular formula is C35H41N3O5. The molecule has 5 rings (SSSR count). The first-order valence-corrected chi connectivity index (χ1v) is 14.9. The number of hydrogen-bond donors (Lipinski definition) is 0. The molecule has 0 atom stereocenters. The molecule has 3 aromatic carbocycles. The number of nitrogens with zero attached hydrogens (tertiary/aromatic N) is 3. The van der Waals surface area contributed by atoms with E-state index in [-0.39, 0.29) is 0 Å². The molecule has 2 heterocycles. The normalized spacial score (nSPS) is 12.7. The van der Waals surface area contributed by atoms with Gasteiger partial charge in [0.05, 0.1) is 27.4 Å². The molecule has 0 amide bonds. The van der Waals surface area contributed by atoms with Gasteiger partial charge in [-0.05, 0) is 66.4 Å². The molecule has 1 saturated heterocycles. The third-order valence-electron chi connectivity index (χ3n) is 7.36. The van der Waals surface area contributed by atoms with Crippen LogP contribution < -0.4 is 28.7 Å². The summed E-state index contributed by atoms with van der Waals surface area (Å²) in [7, 11) is 3.34. The Bertz CT molecular complexity index is 1430. The fourth-order valence-corrected chi connectivity index (χ4v) is 5.17. The van der Waals surface area contributed by atoms with Crippen molar-refractivity contribution in [3.63, 3.8) is 0 Å². The van der Waals surface area contributed by atoms with Gasteiger partial charge in [-0.15, -0.1) is 0 Å². The number of pyridine rings is 1. The molecular weight excluding hydrogens is 542 g/mol. The molecule has 0 N–H and O–H groups in total. The van der Waals surface area contributed by atoms with Gasteiger partial charge in [-0.2, -0.15) is 0 Å². The predicted molar refractivity (Wildman–Crippen MR) is 170 cm³/mol. The second kappa shape index (κ2) is 15.7. The van der Waals surface area contributed by atoms with Crippen molar-refractivity contribution in [2.75, 3.05) is 63.5 Å². The molecule has 0 aliphatic carbocycles. The fourth-order valence-electron chi connectivity index (χ4n) is 5.17. The van der Waals surface area contributed by atoms with Gasteiger partial charge >= 0.3 is 0 Å². The van der Waals surface area contributed by atoms with Gasteiger partial charge in [0.2, 0.25) is 5.88 Å². The molecule has 0 bridgehead atoms. The number of rotatable bonds is 16. The summed E-state index contributed by atoms with van der Waals surface area (Å²) in [6.45, 7) is 5.44. The van der Waals surface area contributed by atoms with Crippen molar-refractivity contribution in [1.82, 2.24) is 4.98 Å². The van der Waals surface area contributed by atoms with E-state index in [0.717, 1.165) is 42.6 Å². The fraction of sp³-hybridized carbons (Fsp3) is 0.343. The minimum absolute atomic E-state index is 0.392. The molecule has 0 unspecified atom stereocenters. The average molecular weight is 584 g/mol. The molecule has 1 aromatic heterocycles. The van der Waals surface area contributed by atoms with E-state index in [9.17, 15) is 0 Å². The van der Waals surface area contributed by atoms with Crippen LogP contribution in [0.2, 0.25) is 0 Å². The number of hydrogen-bond acceptors (Lipinski definition) is 8. The summed E-state index contributed by atoms with van der Waals surface area (Å²) in [6.07, 6.45) is 4.31. The molecule has 8 nitrogen and oxygen atoms in total. The lowest BCUT2D eigenvalue weighted by atomic mass is 10.1. The summed E-state index contributed by atoms with van der Waals surface area (Å²) in [4.78, 5) is 9.27. The van der Waals surface area contributed by atoms with E-state index in [1.807, 2.05) is 48.5 Å². The third kappa shape index (κ3) is 9.03. The van der Waals surface area contributed by atoms with Gasteiger partial charge in [-0.3, -0.25) is 0 Å². The smallest absolute Gasteiger partial charge is 0.215 e. The molecule has 0 spiro atoms. The Kier molecular flexibility index (Phi) is 11.0. The molecule has 226 valence electrons.